The van der Waals surface area contributed by atoms with Gasteiger partial charge in [0, 0.05) is 41.1 Å². The number of nitrogens with zero attached hydrogens (tertiary/aromatic N) is 1. The SMILES string of the molecule is Cc1[nH]c2ccccc2c1C(C)(C)C(=O)Nc1ccc(N2CCCC2)cc1. The number of para-hydroxylation sites is 1. The number of aromatic nitrogens is 1. The first kappa shape index (κ1) is 17.7. The zero-order chi connectivity index (χ0) is 19.0. The summed E-state index contributed by atoms with van der Waals surface area (Å²) >= 11 is 0. The quantitative estimate of drug-likeness (QED) is 0.687. The van der Waals surface area contributed by atoms with Crippen molar-refractivity contribution in [2.45, 2.75) is 39.0 Å². The third kappa shape index (κ3) is 3.20. The Morgan fingerprint density at radius 1 is 1.04 bits per heavy atom. The highest BCUT2D eigenvalue weighted by Crippen LogP contribution is 2.34. The fourth-order valence-electron chi connectivity index (χ4n) is 4.21. The Morgan fingerprint density at radius 3 is 2.41 bits per heavy atom. The van der Waals surface area contributed by atoms with Gasteiger partial charge in [0.2, 0.25) is 5.91 Å². The van der Waals surface area contributed by atoms with Gasteiger partial charge in [0.1, 0.15) is 0 Å². The summed E-state index contributed by atoms with van der Waals surface area (Å²) in [6.07, 6.45) is 2.52. The van der Waals surface area contributed by atoms with Crippen LogP contribution in [-0.4, -0.2) is 24.0 Å². The van der Waals surface area contributed by atoms with Crippen LogP contribution in [0.5, 0.6) is 0 Å². The van der Waals surface area contributed by atoms with E-state index in [0.717, 1.165) is 40.9 Å². The molecule has 0 radical (unpaired) electrons. The second-order valence-electron chi connectivity index (χ2n) is 7.99. The predicted molar refractivity (Wildman–Crippen MR) is 113 cm³/mol. The molecular weight excluding hydrogens is 334 g/mol. The van der Waals surface area contributed by atoms with E-state index in [9.17, 15) is 4.79 Å². The fourth-order valence-corrected chi connectivity index (χ4v) is 4.21. The average Bonchev–Trinajstić information content (AvgIpc) is 3.29. The number of H-pyrrole nitrogens is 1. The molecule has 2 N–H and O–H groups in total. The molecule has 0 spiro atoms. The molecule has 0 aliphatic carbocycles. The Kier molecular flexibility index (Phi) is 4.42. The minimum Gasteiger partial charge on any atom is -0.372 e. The van der Waals surface area contributed by atoms with Gasteiger partial charge >= 0.3 is 0 Å². The van der Waals surface area contributed by atoms with Gasteiger partial charge in [-0.3, -0.25) is 4.79 Å². The molecule has 1 fully saturated rings. The van der Waals surface area contributed by atoms with Crippen LogP contribution in [0.25, 0.3) is 10.9 Å². The molecule has 2 aromatic carbocycles. The zero-order valence-corrected chi connectivity index (χ0v) is 16.3. The van der Waals surface area contributed by atoms with Crippen molar-refractivity contribution in [3.63, 3.8) is 0 Å². The Balaban J connectivity index is 1.57. The number of hydrogen-bond acceptors (Lipinski definition) is 2. The van der Waals surface area contributed by atoms with Crippen LogP contribution in [0.2, 0.25) is 0 Å². The zero-order valence-electron chi connectivity index (χ0n) is 16.3. The van der Waals surface area contributed by atoms with Gasteiger partial charge in [-0.25, -0.2) is 0 Å². The third-order valence-electron chi connectivity index (χ3n) is 5.68. The Bertz CT molecular complexity index is 963. The van der Waals surface area contributed by atoms with Gasteiger partial charge in [-0.1, -0.05) is 18.2 Å². The smallest absolute Gasteiger partial charge is 0.234 e. The number of fused-ring (bicyclic) bond motifs is 1. The first-order chi connectivity index (χ1) is 13.0. The molecule has 1 aliphatic heterocycles. The summed E-state index contributed by atoms with van der Waals surface area (Å²) in [4.78, 5) is 18.9. The maximum absolute atomic E-state index is 13.1. The van der Waals surface area contributed by atoms with Crippen LogP contribution >= 0.6 is 0 Å². The molecule has 27 heavy (non-hydrogen) atoms. The molecule has 1 aliphatic rings. The van der Waals surface area contributed by atoms with Crippen molar-refractivity contribution >= 4 is 28.2 Å². The van der Waals surface area contributed by atoms with E-state index in [1.54, 1.807) is 0 Å². The van der Waals surface area contributed by atoms with Crippen molar-refractivity contribution in [2.75, 3.05) is 23.3 Å². The standard InChI is InChI=1S/C23H27N3O/c1-16-21(19-8-4-5-9-20(19)24-16)23(2,3)22(27)25-17-10-12-18(13-11-17)26-14-6-7-15-26/h4-5,8-13,24H,6-7,14-15H2,1-3H3,(H,25,27). The van der Waals surface area contributed by atoms with E-state index in [1.165, 1.54) is 18.5 Å². The minimum absolute atomic E-state index is 0.00396. The van der Waals surface area contributed by atoms with Gasteiger partial charge in [0.05, 0.1) is 5.41 Å². The van der Waals surface area contributed by atoms with Gasteiger partial charge in [0.25, 0.3) is 0 Å². The van der Waals surface area contributed by atoms with E-state index in [2.05, 4.69) is 39.5 Å². The van der Waals surface area contributed by atoms with E-state index in [4.69, 9.17) is 0 Å². The number of benzene rings is 2. The van der Waals surface area contributed by atoms with Crippen LogP contribution in [0, 0.1) is 6.92 Å². The first-order valence-electron chi connectivity index (χ1n) is 9.71. The largest absolute Gasteiger partial charge is 0.372 e. The molecule has 0 atom stereocenters. The number of anilines is 2. The van der Waals surface area contributed by atoms with E-state index < -0.39 is 5.41 Å². The summed E-state index contributed by atoms with van der Waals surface area (Å²) in [5.74, 6) is 0.00396. The van der Waals surface area contributed by atoms with E-state index in [1.807, 2.05) is 45.0 Å². The lowest BCUT2D eigenvalue weighted by Gasteiger charge is -2.25. The molecule has 4 heteroatoms. The highest BCUT2D eigenvalue weighted by Gasteiger charge is 2.34. The maximum Gasteiger partial charge on any atom is 0.234 e. The Hall–Kier alpha value is -2.75. The topological polar surface area (TPSA) is 48.1 Å². The fraction of sp³-hybridized carbons (Fsp3) is 0.348. The number of carbonyl (C=O) groups is 1. The summed E-state index contributed by atoms with van der Waals surface area (Å²) in [5.41, 5.74) is 4.61. The lowest BCUT2D eigenvalue weighted by molar-refractivity contribution is -0.120. The summed E-state index contributed by atoms with van der Waals surface area (Å²) in [6.45, 7) is 8.26. The Labute approximate surface area is 160 Å². The van der Waals surface area contributed by atoms with E-state index in [0.29, 0.717) is 0 Å². The van der Waals surface area contributed by atoms with Crippen molar-refractivity contribution in [2.24, 2.45) is 0 Å². The van der Waals surface area contributed by atoms with Gasteiger partial charge in [-0.15, -0.1) is 0 Å². The van der Waals surface area contributed by atoms with Gasteiger partial charge in [-0.2, -0.15) is 0 Å². The average molecular weight is 361 g/mol. The molecule has 4 nitrogen and oxygen atoms in total. The predicted octanol–water partition coefficient (Wildman–Crippen LogP) is 4.99. The molecule has 0 saturated carbocycles. The second-order valence-corrected chi connectivity index (χ2v) is 7.99. The van der Waals surface area contributed by atoms with Crippen LogP contribution in [0.15, 0.2) is 48.5 Å². The van der Waals surface area contributed by atoms with Crippen LogP contribution in [0.3, 0.4) is 0 Å². The number of carbonyl (C=O) groups excluding carboxylic acids is 1. The second kappa shape index (κ2) is 6.76. The molecule has 1 aromatic heterocycles. The molecule has 0 unspecified atom stereocenters. The first-order valence-corrected chi connectivity index (χ1v) is 9.71. The molecule has 4 rings (SSSR count). The van der Waals surface area contributed by atoms with Crippen molar-refractivity contribution in [3.05, 3.63) is 59.8 Å². The third-order valence-corrected chi connectivity index (χ3v) is 5.68. The molecule has 2 heterocycles. The molecule has 1 amide bonds. The maximum atomic E-state index is 13.1. The number of rotatable bonds is 4. The van der Waals surface area contributed by atoms with E-state index >= 15 is 0 Å². The molecule has 0 bridgehead atoms. The summed E-state index contributed by atoms with van der Waals surface area (Å²) in [6, 6.07) is 16.4. The van der Waals surface area contributed by atoms with E-state index in [-0.39, 0.29) is 5.91 Å². The number of aromatic amines is 1. The van der Waals surface area contributed by atoms with Crippen LogP contribution < -0.4 is 10.2 Å². The molecule has 3 aromatic rings. The summed E-state index contributed by atoms with van der Waals surface area (Å²) in [5, 5.41) is 4.22. The number of hydrogen-bond donors (Lipinski definition) is 2. The highest BCUT2D eigenvalue weighted by molar-refractivity contribution is 6.02. The van der Waals surface area contributed by atoms with Gasteiger partial charge in [0.15, 0.2) is 0 Å². The monoisotopic (exact) mass is 361 g/mol. The van der Waals surface area contributed by atoms with Crippen LogP contribution in [-0.2, 0) is 10.2 Å². The molecular formula is C23H27N3O. The van der Waals surface area contributed by atoms with Crippen molar-refractivity contribution in [1.82, 2.24) is 4.98 Å². The number of aryl methyl sites for hydroxylation is 1. The lowest BCUT2D eigenvalue weighted by Crippen LogP contribution is -2.35. The van der Waals surface area contributed by atoms with Crippen molar-refractivity contribution in [3.8, 4) is 0 Å². The van der Waals surface area contributed by atoms with Gasteiger partial charge in [-0.05, 0) is 69.5 Å². The van der Waals surface area contributed by atoms with Crippen LogP contribution in [0.1, 0.15) is 37.9 Å². The van der Waals surface area contributed by atoms with Crippen molar-refractivity contribution < 1.29 is 4.79 Å². The Morgan fingerprint density at radius 2 is 1.70 bits per heavy atom. The highest BCUT2D eigenvalue weighted by atomic mass is 16.2. The lowest BCUT2D eigenvalue weighted by atomic mass is 9.81. The van der Waals surface area contributed by atoms with Gasteiger partial charge < -0.3 is 15.2 Å². The van der Waals surface area contributed by atoms with Crippen molar-refractivity contribution in [1.29, 1.82) is 0 Å². The molecule has 140 valence electrons. The summed E-state index contributed by atoms with van der Waals surface area (Å²) in [7, 11) is 0. The minimum atomic E-state index is -0.642. The molecule has 1 saturated heterocycles. The summed E-state index contributed by atoms with van der Waals surface area (Å²) < 4.78 is 0. The normalized spacial score (nSPS) is 14.7. The van der Waals surface area contributed by atoms with Crippen LogP contribution in [0.4, 0.5) is 11.4 Å². The number of nitrogens with one attached hydrogen (secondary N) is 2. The number of amides is 1.